The van der Waals surface area contributed by atoms with Crippen LogP contribution >= 0.6 is 0 Å². The number of likely N-dealkylation sites (tertiary alicyclic amines) is 1. The van der Waals surface area contributed by atoms with Crippen molar-refractivity contribution in [3.05, 3.63) is 0 Å². The molecule has 0 aromatic heterocycles. The average molecular weight is 132 g/mol. The van der Waals surface area contributed by atoms with Gasteiger partial charge in [-0.3, -0.25) is 0 Å². The topological polar surface area (TPSA) is 40.5 Å². The third-order valence-electron chi connectivity index (χ3n) is 1.89. The van der Waals surface area contributed by atoms with Crippen molar-refractivity contribution in [2.45, 2.75) is 18.9 Å². The molecular formula is C6H14NO2+. The van der Waals surface area contributed by atoms with Crippen molar-refractivity contribution in [3.8, 4) is 0 Å². The van der Waals surface area contributed by atoms with Crippen LogP contribution < -0.4 is 0 Å². The number of rotatable bonds is 0. The summed E-state index contributed by atoms with van der Waals surface area (Å²) < 4.78 is 0.0804. The quantitative estimate of drug-likeness (QED) is 0.455. The summed E-state index contributed by atoms with van der Waals surface area (Å²) in [5, 5.41) is 18.3. The predicted molar refractivity (Wildman–Crippen MR) is 32.9 cm³/mol. The van der Waals surface area contributed by atoms with Crippen molar-refractivity contribution in [2.24, 2.45) is 0 Å². The van der Waals surface area contributed by atoms with E-state index in [-0.39, 0.29) is 10.8 Å². The van der Waals surface area contributed by atoms with Crippen LogP contribution in [0.5, 0.6) is 0 Å². The minimum absolute atomic E-state index is 0.0804. The lowest BCUT2D eigenvalue weighted by Gasteiger charge is -2.31. The molecule has 1 aliphatic rings. The molecule has 0 saturated carbocycles. The number of hydrogen-bond acceptors (Lipinski definition) is 2. The molecule has 0 bridgehead atoms. The predicted octanol–water partition coefficient (Wildman–Crippen LogP) is -0.0231. The Morgan fingerprint density at radius 1 is 1.33 bits per heavy atom. The fraction of sp³-hybridized carbons (Fsp3) is 1.00. The summed E-state index contributed by atoms with van der Waals surface area (Å²) in [6, 6.07) is 0. The van der Waals surface area contributed by atoms with Gasteiger partial charge in [-0.15, -0.1) is 0 Å². The van der Waals surface area contributed by atoms with Crippen molar-refractivity contribution in [3.63, 3.8) is 0 Å². The first-order chi connectivity index (χ1) is 4.10. The lowest BCUT2D eigenvalue weighted by molar-refractivity contribution is -1.09. The van der Waals surface area contributed by atoms with Gasteiger partial charge in [0.2, 0.25) is 0 Å². The number of piperidine rings is 1. The molecule has 0 aromatic rings. The normalized spacial score (nSPS) is 45.0. The maximum Gasteiger partial charge on any atom is 0.111 e. The number of hydrogen-bond donors (Lipinski definition) is 2. The second kappa shape index (κ2) is 2.25. The van der Waals surface area contributed by atoms with Gasteiger partial charge < -0.3 is 5.11 Å². The third-order valence-corrected chi connectivity index (χ3v) is 1.89. The van der Waals surface area contributed by atoms with Crippen molar-refractivity contribution in [2.75, 3.05) is 20.1 Å². The van der Waals surface area contributed by atoms with Crippen LogP contribution in [-0.4, -0.2) is 41.2 Å². The van der Waals surface area contributed by atoms with Crippen LogP contribution in [0.25, 0.3) is 0 Å². The standard InChI is InChI=1S/C6H14NO2/c1-7(9)4-2-6(8)3-5-7/h6,8-9H,2-5H2,1H3/q+1. The Morgan fingerprint density at radius 2 is 1.78 bits per heavy atom. The molecule has 3 heteroatoms. The monoisotopic (exact) mass is 132 g/mol. The summed E-state index contributed by atoms with van der Waals surface area (Å²) in [7, 11) is 1.77. The highest BCUT2D eigenvalue weighted by Gasteiger charge is 2.26. The van der Waals surface area contributed by atoms with Gasteiger partial charge in [0, 0.05) is 12.8 Å². The van der Waals surface area contributed by atoms with E-state index in [4.69, 9.17) is 5.11 Å². The molecule has 2 N–H and O–H groups in total. The molecule has 9 heavy (non-hydrogen) atoms. The number of aliphatic hydroxyl groups is 1. The van der Waals surface area contributed by atoms with E-state index in [1.165, 1.54) is 0 Å². The van der Waals surface area contributed by atoms with Crippen LogP contribution in [0.4, 0.5) is 0 Å². The molecule has 0 spiro atoms. The van der Waals surface area contributed by atoms with Gasteiger partial charge in [-0.1, -0.05) is 0 Å². The number of hydroxylamine groups is 3. The van der Waals surface area contributed by atoms with E-state index in [0.717, 1.165) is 12.8 Å². The Balaban J connectivity index is 2.35. The zero-order chi connectivity index (χ0) is 6.91. The maximum atomic E-state index is 9.32. The van der Waals surface area contributed by atoms with Crippen LogP contribution in [0, 0.1) is 0 Å². The molecule has 1 aliphatic heterocycles. The Morgan fingerprint density at radius 3 is 2.11 bits per heavy atom. The summed E-state index contributed by atoms with van der Waals surface area (Å²) in [5.74, 6) is 0. The molecule has 0 amide bonds. The molecule has 0 aliphatic carbocycles. The van der Waals surface area contributed by atoms with E-state index in [0.29, 0.717) is 13.1 Å². The van der Waals surface area contributed by atoms with Gasteiger partial charge in [0.15, 0.2) is 0 Å². The molecule has 0 aromatic carbocycles. The van der Waals surface area contributed by atoms with Crippen molar-refractivity contribution in [1.29, 1.82) is 0 Å². The summed E-state index contributed by atoms with van der Waals surface area (Å²) in [5.41, 5.74) is 0. The third kappa shape index (κ3) is 1.93. The van der Waals surface area contributed by atoms with Gasteiger partial charge >= 0.3 is 0 Å². The van der Waals surface area contributed by atoms with E-state index in [9.17, 15) is 5.21 Å². The molecular weight excluding hydrogens is 118 g/mol. The summed E-state index contributed by atoms with van der Waals surface area (Å²) >= 11 is 0. The largest absolute Gasteiger partial charge is 0.393 e. The first kappa shape index (κ1) is 6.99. The zero-order valence-corrected chi connectivity index (χ0v) is 5.75. The van der Waals surface area contributed by atoms with Crippen LogP contribution in [0.2, 0.25) is 0 Å². The number of quaternary nitrogens is 1. The molecule has 0 radical (unpaired) electrons. The molecule has 0 unspecified atom stereocenters. The Labute approximate surface area is 55.1 Å². The molecule has 54 valence electrons. The van der Waals surface area contributed by atoms with Crippen LogP contribution in [0.3, 0.4) is 0 Å². The molecule has 3 nitrogen and oxygen atoms in total. The Kier molecular flexibility index (Phi) is 1.75. The van der Waals surface area contributed by atoms with Crippen LogP contribution in [0.1, 0.15) is 12.8 Å². The van der Waals surface area contributed by atoms with Crippen LogP contribution in [0.15, 0.2) is 0 Å². The van der Waals surface area contributed by atoms with E-state index in [1.54, 1.807) is 7.05 Å². The second-order valence-electron chi connectivity index (χ2n) is 3.02. The minimum Gasteiger partial charge on any atom is -0.393 e. The SMILES string of the molecule is C[N+]1(O)CCC(O)CC1. The van der Waals surface area contributed by atoms with Gasteiger partial charge in [-0.25, -0.2) is 5.21 Å². The van der Waals surface area contributed by atoms with Gasteiger partial charge in [-0.2, -0.15) is 4.65 Å². The highest BCUT2D eigenvalue weighted by Crippen LogP contribution is 2.12. The molecule has 1 saturated heterocycles. The zero-order valence-electron chi connectivity index (χ0n) is 5.75. The molecule has 1 heterocycles. The van der Waals surface area contributed by atoms with Gasteiger partial charge in [0.05, 0.1) is 13.2 Å². The smallest absolute Gasteiger partial charge is 0.111 e. The highest BCUT2D eigenvalue weighted by molar-refractivity contribution is 4.58. The fourth-order valence-electron chi connectivity index (χ4n) is 1.11. The van der Waals surface area contributed by atoms with E-state index in [2.05, 4.69) is 0 Å². The first-order valence-corrected chi connectivity index (χ1v) is 3.35. The average Bonchev–Trinajstić information content (AvgIpc) is 1.78. The van der Waals surface area contributed by atoms with Gasteiger partial charge in [-0.05, 0) is 0 Å². The second-order valence-corrected chi connectivity index (χ2v) is 3.02. The highest BCUT2D eigenvalue weighted by atomic mass is 16.5. The summed E-state index contributed by atoms with van der Waals surface area (Å²) in [4.78, 5) is 0. The molecule has 0 atom stereocenters. The van der Waals surface area contributed by atoms with Gasteiger partial charge in [0.1, 0.15) is 13.1 Å². The maximum absolute atomic E-state index is 9.32. The van der Waals surface area contributed by atoms with E-state index < -0.39 is 0 Å². The fourth-order valence-corrected chi connectivity index (χ4v) is 1.11. The number of aliphatic hydroxyl groups excluding tert-OH is 1. The van der Waals surface area contributed by atoms with Crippen molar-refractivity contribution >= 4 is 0 Å². The van der Waals surface area contributed by atoms with Crippen molar-refractivity contribution in [1.82, 2.24) is 0 Å². The van der Waals surface area contributed by atoms with Crippen molar-refractivity contribution < 1.29 is 15.0 Å². The molecule has 1 rings (SSSR count). The van der Waals surface area contributed by atoms with E-state index >= 15 is 0 Å². The number of nitrogens with zero attached hydrogens (tertiary/aromatic N) is 1. The lowest BCUT2D eigenvalue weighted by Crippen LogP contribution is -2.47. The first-order valence-electron chi connectivity index (χ1n) is 3.35. The minimum atomic E-state index is -0.177. The van der Waals surface area contributed by atoms with Crippen LogP contribution in [-0.2, 0) is 0 Å². The Hall–Kier alpha value is -0.120. The van der Waals surface area contributed by atoms with E-state index in [1.807, 2.05) is 0 Å². The van der Waals surface area contributed by atoms with Gasteiger partial charge in [0.25, 0.3) is 0 Å². The Bertz CT molecular complexity index is 93.2. The summed E-state index contributed by atoms with van der Waals surface area (Å²) in [6.45, 7) is 1.36. The lowest BCUT2D eigenvalue weighted by atomic mass is 10.1. The summed E-state index contributed by atoms with van der Waals surface area (Å²) in [6.07, 6.45) is 1.28. The molecule has 1 fully saturated rings.